The zero-order valence-corrected chi connectivity index (χ0v) is 17.6. The third-order valence-electron chi connectivity index (χ3n) is 5.71. The summed E-state index contributed by atoms with van der Waals surface area (Å²) in [4.78, 5) is 26.0. The van der Waals surface area contributed by atoms with Crippen molar-refractivity contribution in [2.45, 2.75) is 32.1 Å². The van der Waals surface area contributed by atoms with Crippen LogP contribution in [0, 0.1) is 5.92 Å². The minimum atomic E-state index is -0.419. The lowest BCUT2D eigenvalue weighted by Gasteiger charge is -2.38. The molecule has 0 saturated heterocycles. The molecule has 0 aromatic heterocycles. The summed E-state index contributed by atoms with van der Waals surface area (Å²) in [6.45, 7) is 2.14. The number of fused-ring (bicyclic) bond motifs is 1. The smallest absolute Gasteiger partial charge is 0.336 e. The second kappa shape index (κ2) is 8.88. The highest BCUT2D eigenvalue weighted by Crippen LogP contribution is 2.44. The monoisotopic (exact) mass is 421 g/mol. The Morgan fingerprint density at radius 3 is 2.70 bits per heavy atom. The summed E-state index contributed by atoms with van der Waals surface area (Å²) in [6, 6.07) is 17.3. The summed E-state index contributed by atoms with van der Waals surface area (Å²) >= 11 is 6.24. The highest BCUT2D eigenvalue weighted by molar-refractivity contribution is 6.30. The van der Waals surface area contributed by atoms with Gasteiger partial charge in [-0.05, 0) is 36.6 Å². The molecule has 0 fully saturated rings. The van der Waals surface area contributed by atoms with Crippen LogP contribution in [0.3, 0.4) is 0 Å². The van der Waals surface area contributed by atoms with Crippen LogP contribution in [-0.4, -0.2) is 18.4 Å². The maximum absolute atomic E-state index is 13.2. The van der Waals surface area contributed by atoms with Crippen LogP contribution >= 0.6 is 11.6 Å². The number of nitrogens with one attached hydrogen (secondary N) is 1. The zero-order valence-electron chi connectivity index (χ0n) is 16.9. The third kappa shape index (κ3) is 4.19. The second-order valence-electron chi connectivity index (χ2n) is 7.71. The molecule has 30 heavy (non-hydrogen) atoms. The van der Waals surface area contributed by atoms with Gasteiger partial charge in [0.05, 0.1) is 18.1 Å². The van der Waals surface area contributed by atoms with Gasteiger partial charge in [0.2, 0.25) is 0 Å². The van der Waals surface area contributed by atoms with Crippen LogP contribution in [-0.2, 0) is 20.7 Å². The predicted molar refractivity (Wildman–Crippen MR) is 117 cm³/mol. The van der Waals surface area contributed by atoms with Gasteiger partial charge < -0.3 is 10.1 Å². The largest absolute Gasteiger partial charge is 0.462 e. The Kier molecular flexibility index (Phi) is 6.05. The van der Waals surface area contributed by atoms with Gasteiger partial charge in [-0.1, -0.05) is 60.1 Å². The molecule has 0 radical (unpaired) electrons. The summed E-state index contributed by atoms with van der Waals surface area (Å²) in [6.07, 6.45) is 3.89. The summed E-state index contributed by atoms with van der Waals surface area (Å²) in [7, 11) is 0. The topological polar surface area (TPSA) is 55.4 Å². The van der Waals surface area contributed by atoms with E-state index in [1.165, 1.54) is 0 Å². The van der Waals surface area contributed by atoms with Crippen molar-refractivity contribution in [1.29, 1.82) is 0 Å². The van der Waals surface area contributed by atoms with Crippen LogP contribution in [0.15, 0.2) is 77.6 Å². The fourth-order valence-corrected chi connectivity index (χ4v) is 4.53. The number of carbonyl (C=O) groups is 2. The van der Waals surface area contributed by atoms with Crippen molar-refractivity contribution in [2.24, 2.45) is 5.92 Å². The van der Waals surface area contributed by atoms with Crippen molar-refractivity contribution < 1.29 is 14.3 Å². The number of halogens is 1. The summed E-state index contributed by atoms with van der Waals surface area (Å²) < 4.78 is 5.65. The summed E-state index contributed by atoms with van der Waals surface area (Å²) in [5.41, 5.74) is 4.06. The van der Waals surface area contributed by atoms with Crippen molar-refractivity contribution in [2.75, 3.05) is 6.61 Å². The van der Waals surface area contributed by atoms with Crippen molar-refractivity contribution >= 4 is 23.4 Å². The van der Waals surface area contributed by atoms with Crippen molar-refractivity contribution in [1.82, 2.24) is 5.32 Å². The van der Waals surface area contributed by atoms with Gasteiger partial charge in [0.1, 0.15) is 5.78 Å². The van der Waals surface area contributed by atoms with E-state index in [0.717, 1.165) is 22.5 Å². The number of Topliss-reactive ketones (excluding diaryl/α,β-unsaturated/α-hetero) is 1. The molecule has 1 heterocycles. The quantitative estimate of drug-likeness (QED) is 0.694. The first-order valence-electron chi connectivity index (χ1n) is 10.2. The second-order valence-corrected chi connectivity index (χ2v) is 8.15. The van der Waals surface area contributed by atoms with E-state index in [0.29, 0.717) is 29.9 Å². The molecule has 1 N–H and O–H groups in total. The van der Waals surface area contributed by atoms with Crippen LogP contribution < -0.4 is 5.32 Å². The molecule has 2 unspecified atom stereocenters. The Bertz CT molecular complexity index is 1030. The number of esters is 1. The number of ether oxygens (including phenoxy) is 1. The van der Waals surface area contributed by atoms with Crippen molar-refractivity contribution in [3.05, 3.63) is 93.8 Å². The van der Waals surface area contributed by atoms with E-state index in [4.69, 9.17) is 16.3 Å². The number of hydrogen-bond donors (Lipinski definition) is 1. The highest BCUT2D eigenvalue weighted by atomic mass is 35.5. The molecule has 2 aliphatic rings. The van der Waals surface area contributed by atoms with E-state index in [9.17, 15) is 9.59 Å². The Balaban J connectivity index is 1.64. The van der Waals surface area contributed by atoms with Crippen molar-refractivity contribution in [3.8, 4) is 0 Å². The zero-order chi connectivity index (χ0) is 21.1. The average molecular weight is 422 g/mol. The maximum atomic E-state index is 13.2. The number of allylic oxidation sites excluding steroid dienone is 3. The molecule has 4 rings (SSSR count). The number of ketones is 1. The number of carbonyl (C=O) groups excluding carboxylic acids is 2. The van der Waals surface area contributed by atoms with Crippen LogP contribution in [0.4, 0.5) is 0 Å². The van der Waals surface area contributed by atoms with E-state index in [-0.39, 0.29) is 12.4 Å². The van der Waals surface area contributed by atoms with Crippen LogP contribution in [0.25, 0.3) is 0 Å². The summed E-state index contributed by atoms with van der Waals surface area (Å²) in [5.74, 6) is -1.09. The van der Waals surface area contributed by atoms with Gasteiger partial charge in [0.15, 0.2) is 0 Å². The Labute approximate surface area is 181 Å². The van der Waals surface area contributed by atoms with Gasteiger partial charge in [-0.2, -0.15) is 0 Å². The van der Waals surface area contributed by atoms with E-state index in [2.05, 4.69) is 11.4 Å². The highest BCUT2D eigenvalue weighted by Gasteiger charge is 2.43. The van der Waals surface area contributed by atoms with E-state index in [1.807, 2.05) is 55.5 Å². The number of hydrogen-bond acceptors (Lipinski definition) is 4. The first-order chi connectivity index (χ1) is 14.5. The number of rotatable bonds is 5. The number of benzene rings is 2. The van der Waals surface area contributed by atoms with E-state index in [1.54, 1.807) is 6.07 Å². The van der Waals surface area contributed by atoms with Gasteiger partial charge in [0, 0.05) is 35.2 Å². The molecular weight excluding hydrogens is 398 g/mol. The lowest BCUT2D eigenvalue weighted by molar-refractivity contribution is -0.139. The molecule has 1 aliphatic carbocycles. The van der Waals surface area contributed by atoms with Gasteiger partial charge in [-0.25, -0.2) is 4.79 Å². The van der Waals surface area contributed by atoms with Gasteiger partial charge in [-0.15, -0.1) is 0 Å². The third-order valence-corrected chi connectivity index (χ3v) is 5.95. The fourth-order valence-electron chi connectivity index (χ4n) is 4.33. The average Bonchev–Trinajstić information content (AvgIpc) is 2.73. The lowest BCUT2D eigenvalue weighted by Crippen LogP contribution is -2.40. The molecule has 2 aromatic rings. The van der Waals surface area contributed by atoms with Crippen LogP contribution in [0.2, 0.25) is 5.02 Å². The molecule has 4 nitrogen and oxygen atoms in total. The summed E-state index contributed by atoms with van der Waals surface area (Å²) in [5, 5.41) is 3.87. The molecular formula is C25H24ClNO3. The molecule has 5 heteroatoms. The molecule has 0 amide bonds. The molecule has 0 saturated carbocycles. The van der Waals surface area contributed by atoms with Crippen LogP contribution in [0.5, 0.6) is 0 Å². The van der Waals surface area contributed by atoms with E-state index >= 15 is 0 Å². The van der Waals surface area contributed by atoms with E-state index < -0.39 is 17.8 Å². The normalized spacial score (nSPS) is 20.9. The van der Waals surface area contributed by atoms with Crippen LogP contribution in [0.1, 0.15) is 36.8 Å². The lowest BCUT2D eigenvalue weighted by atomic mass is 9.71. The van der Waals surface area contributed by atoms with Crippen molar-refractivity contribution in [3.63, 3.8) is 0 Å². The first kappa shape index (κ1) is 20.4. The molecule has 1 aliphatic heterocycles. The van der Waals surface area contributed by atoms with Gasteiger partial charge in [-0.3, -0.25) is 4.79 Å². The fraction of sp³-hybridized carbons (Fsp3) is 0.280. The standard InChI is InChI=1S/C25H24ClNO3/c1-16-22(25(29)30-14-13-17-7-3-2-4-8-17)23(18-9-5-10-19(26)15-18)24-20(27-16)11-6-12-21(24)28/h2-5,7-11,15,23-24,27H,6,12-14H2,1H3. The predicted octanol–water partition coefficient (Wildman–Crippen LogP) is 4.95. The molecule has 0 bridgehead atoms. The maximum Gasteiger partial charge on any atom is 0.336 e. The van der Waals surface area contributed by atoms with Gasteiger partial charge in [0.25, 0.3) is 0 Å². The SMILES string of the molecule is CC1=C(C(=O)OCCc2ccccc2)C(c2cccc(Cl)c2)C2C(=O)CCC=C2N1. The minimum absolute atomic E-state index is 0.132. The molecule has 154 valence electrons. The molecule has 2 atom stereocenters. The Morgan fingerprint density at radius 2 is 1.93 bits per heavy atom. The Hall–Kier alpha value is -2.85. The minimum Gasteiger partial charge on any atom is -0.462 e. The first-order valence-corrected chi connectivity index (χ1v) is 10.6. The molecule has 2 aromatic carbocycles. The van der Waals surface area contributed by atoms with Gasteiger partial charge >= 0.3 is 5.97 Å². The molecule has 0 spiro atoms. The Morgan fingerprint density at radius 1 is 1.13 bits per heavy atom.